The van der Waals surface area contributed by atoms with Crippen LogP contribution in [0.3, 0.4) is 0 Å². The van der Waals surface area contributed by atoms with E-state index in [0.717, 1.165) is 12.1 Å². The van der Waals surface area contributed by atoms with Crippen LogP contribution in [0.15, 0.2) is 66.3 Å². The number of hydrogen-bond acceptors (Lipinski definition) is 5. The highest BCUT2D eigenvalue weighted by molar-refractivity contribution is 6.30. The molecule has 2 atom stereocenters. The third-order valence-electron chi connectivity index (χ3n) is 4.94. The number of aliphatic hydroxyl groups is 1. The van der Waals surface area contributed by atoms with Crippen molar-refractivity contribution in [3.63, 3.8) is 0 Å². The Morgan fingerprint density at radius 3 is 2.33 bits per heavy atom. The molecule has 10 heteroatoms. The maximum atomic E-state index is 12.8. The maximum Gasteiger partial charge on any atom is 0.416 e. The Labute approximate surface area is 174 Å². The second-order valence-electron chi connectivity index (χ2n) is 6.92. The average molecular weight is 437 g/mol. The Morgan fingerprint density at radius 2 is 1.73 bits per heavy atom. The van der Waals surface area contributed by atoms with Gasteiger partial charge in [0.1, 0.15) is 12.7 Å². The predicted octanol–water partition coefficient (Wildman–Crippen LogP) is 4.36. The van der Waals surface area contributed by atoms with E-state index in [0.29, 0.717) is 21.9 Å². The molecule has 0 spiro atoms. The van der Waals surface area contributed by atoms with Crippen molar-refractivity contribution in [1.29, 1.82) is 0 Å². The highest BCUT2D eigenvalue weighted by Crippen LogP contribution is 2.37. The van der Waals surface area contributed by atoms with Gasteiger partial charge in [0.25, 0.3) is 0 Å². The fourth-order valence-electron chi connectivity index (χ4n) is 3.31. The molecule has 0 saturated carbocycles. The summed E-state index contributed by atoms with van der Waals surface area (Å²) in [4.78, 5) is 9.35. The van der Waals surface area contributed by atoms with Gasteiger partial charge in [0.05, 0.1) is 17.8 Å². The molecule has 0 saturated heterocycles. The molecule has 0 fully saturated rings. The van der Waals surface area contributed by atoms with Gasteiger partial charge in [-0.1, -0.05) is 41.0 Å². The van der Waals surface area contributed by atoms with Crippen LogP contribution in [0.25, 0.3) is 0 Å². The third kappa shape index (κ3) is 4.03. The van der Waals surface area contributed by atoms with E-state index in [9.17, 15) is 18.3 Å². The number of hydrogen-bond donors (Lipinski definition) is 1. The summed E-state index contributed by atoms with van der Waals surface area (Å²) in [6.07, 6.45) is -2.02. The Kier molecular flexibility index (Phi) is 5.25. The minimum absolute atomic E-state index is 0.0244. The Bertz CT molecular complexity index is 1040. The van der Waals surface area contributed by atoms with Crippen LogP contribution in [0.2, 0.25) is 5.02 Å². The number of halogens is 4. The van der Waals surface area contributed by atoms with Gasteiger partial charge in [-0.05, 0) is 35.4 Å². The monoisotopic (exact) mass is 436 g/mol. The van der Waals surface area contributed by atoms with Crippen molar-refractivity contribution in [2.24, 2.45) is 5.16 Å². The quantitative estimate of drug-likeness (QED) is 0.645. The van der Waals surface area contributed by atoms with Crippen LogP contribution >= 0.6 is 11.6 Å². The number of aromatic nitrogens is 3. The zero-order valence-corrected chi connectivity index (χ0v) is 16.2. The van der Waals surface area contributed by atoms with E-state index in [4.69, 9.17) is 16.4 Å². The van der Waals surface area contributed by atoms with Crippen molar-refractivity contribution >= 4 is 17.3 Å². The molecule has 2 aromatic carbocycles. The molecule has 1 aromatic heterocycles. The first-order valence-corrected chi connectivity index (χ1v) is 9.35. The molecule has 2 unspecified atom stereocenters. The number of oxime groups is 1. The molecule has 0 amide bonds. The van der Waals surface area contributed by atoms with Crippen LogP contribution in [-0.4, -0.2) is 25.6 Å². The van der Waals surface area contributed by atoms with E-state index >= 15 is 0 Å². The van der Waals surface area contributed by atoms with Gasteiger partial charge in [-0.2, -0.15) is 18.3 Å². The van der Waals surface area contributed by atoms with Crippen LogP contribution in [0.1, 0.15) is 29.2 Å². The van der Waals surface area contributed by atoms with E-state index in [2.05, 4.69) is 15.2 Å². The first kappa shape index (κ1) is 20.4. The highest BCUT2D eigenvalue weighted by atomic mass is 35.5. The highest BCUT2D eigenvalue weighted by Gasteiger charge is 2.42. The van der Waals surface area contributed by atoms with Crippen LogP contribution in [0.4, 0.5) is 13.2 Å². The van der Waals surface area contributed by atoms with Gasteiger partial charge in [-0.15, -0.1) is 0 Å². The third-order valence-corrected chi connectivity index (χ3v) is 5.19. The van der Waals surface area contributed by atoms with Crippen molar-refractivity contribution in [2.45, 2.75) is 30.8 Å². The summed E-state index contributed by atoms with van der Waals surface area (Å²) in [7, 11) is 0. The molecule has 3 aromatic rings. The summed E-state index contributed by atoms with van der Waals surface area (Å²) in [6, 6.07) is 11.3. The Morgan fingerprint density at radius 1 is 1.07 bits per heavy atom. The number of nitrogens with zero attached hydrogens (tertiary/aromatic N) is 4. The van der Waals surface area contributed by atoms with Gasteiger partial charge in [-0.25, -0.2) is 9.67 Å². The maximum absolute atomic E-state index is 12.8. The molecule has 0 bridgehead atoms. The SMILES string of the molecule is OC(Cn1cncn1)(C1=NOC(c2ccc(C(F)(F)F)cc2)C1)c1ccc(Cl)cc1. The molecule has 0 aliphatic carbocycles. The summed E-state index contributed by atoms with van der Waals surface area (Å²) in [6.45, 7) is 0.0244. The van der Waals surface area contributed by atoms with E-state index < -0.39 is 23.4 Å². The van der Waals surface area contributed by atoms with E-state index in [1.54, 1.807) is 24.3 Å². The summed E-state index contributed by atoms with van der Waals surface area (Å²) >= 11 is 5.97. The lowest BCUT2D eigenvalue weighted by molar-refractivity contribution is -0.137. The fraction of sp³-hybridized carbons (Fsp3) is 0.250. The van der Waals surface area contributed by atoms with Crippen LogP contribution in [0.5, 0.6) is 0 Å². The van der Waals surface area contributed by atoms with Crippen molar-refractivity contribution in [2.75, 3.05) is 0 Å². The molecule has 156 valence electrons. The summed E-state index contributed by atoms with van der Waals surface area (Å²) in [5.41, 5.74) is -0.933. The van der Waals surface area contributed by atoms with Gasteiger partial charge in [0.15, 0.2) is 11.7 Å². The zero-order valence-electron chi connectivity index (χ0n) is 15.4. The molecule has 30 heavy (non-hydrogen) atoms. The predicted molar refractivity (Wildman–Crippen MR) is 103 cm³/mol. The van der Waals surface area contributed by atoms with Gasteiger partial charge in [0, 0.05) is 11.4 Å². The molecule has 0 radical (unpaired) electrons. The van der Waals surface area contributed by atoms with Crippen molar-refractivity contribution in [1.82, 2.24) is 14.8 Å². The molecule has 1 aliphatic rings. The Hall–Kier alpha value is -2.91. The molecule has 1 aliphatic heterocycles. The Balaban J connectivity index is 1.60. The molecule has 4 rings (SSSR count). The molecule has 1 N–H and O–H groups in total. The second kappa shape index (κ2) is 7.73. The number of rotatable bonds is 5. The van der Waals surface area contributed by atoms with Gasteiger partial charge < -0.3 is 9.94 Å². The first-order valence-electron chi connectivity index (χ1n) is 8.97. The van der Waals surface area contributed by atoms with Crippen LogP contribution in [-0.2, 0) is 23.2 Å². The summed E-state index contributed by atoms with van der Waals surface area (Å²) in [5, 5.41) is 20.2. The minimum Gasteiger partial charge on any atom is -0.387 e. The number of benzene rings is 2. The normalized spacial score (nSPS) is 18.6. The second-order valence-corrected chi connectivity index (χ2v) is 7.35. The summed E-state index contributed by atoms with van der Waals surface area (Å²) in [5.74, 6) is 0. The largest absolute Gasteiger partial charge is 0.416 e. The lowest BCUT2D eigenvalue weighted by Gasteiger charge is -2.28. The topological polar surface area (TPSA) is 72.5 Å². The lowest BCUT2D eigenvalue weighted by atomic mass is 9.85. The zero-order chi connectivity index (χ0) is 21.4. The van der Waals surface area contributed by atoms with Gasteiger partial charge >= 0.3 is 6.18 Å². The van der Waals surface area contributed by atoms with Gasteiger partial charge in [0.2, 0.25) is 0 Å². The van der Waals surface area contributed by atoms with Gasteiger partial charge in [-0.3, -0.25) is 0 Å². The van der Waals surface area contributed by atoms with Crippen molar-refractivity contribution in [3.8, 4) is 0 Å². The van der Waals surface area contributed by atoms with Crippen molar-refractivity contribution < 1.29 is 23.1 Å². The first-order chi connectivity index (χ1) is 14.3. The fourth-order valence-corrected chi connectivity index (χ4v) is 3.44. The summed E-state index contributed by atoms with van der Waals surface area (Å²) < 4.78 is 39.9. The average Bonchev–Trinajstić information content (AvgIpc) is 3.40. The van der Waals surface area contributed by atoms with E-state index in [1.165, 1.54) is 29.5 Å². The number of alkyl halides is 3. The van der Waals surface area contributed by atoms with Crippen molar-refractivity contribution in [3.05, 3.63) is 82.9 Å². The van der Waals surface area contributed by atoms with E-state index in [1.807, 2.05) is 0 Å². The van der Waals surface area contributed by atoms with E-state index in [-0.39, 0.29) is 13.0 Å². The standard InChI is InChI=1S/C20H16ClF3N4O2/c21-16-7-5-14(6-8-16)19(29,10-28-12-25-11-26-28)18-9-17(30-27-18)13-1-3-15(4-2-13)20(22,23)24/h1-8,11-12,17,29H,9-10H2. The molecular weight excluding hydrogens is 421 g/mol. The molecule has 2 heterocycles. The molecule has 6 nitrogen and oxygen atoms in total. The van der Waals surface area contributed by atoms with Crippen LogP contribution < -0.4 is 0 Å². The lowest BCUT2D eigenvalue weighted by Crippen LogP contribution is -2.39. The smallest absolute Gasteiger partial charge is 0.387 e. The van der Waals surface area contributed by atoms with Crippen LogP contribution in [0, 0.1) is 0 Å². The molecular formula is C20H16ClF3N4O2. The minimum atomic E-state index is -4.41.